The van der Waals surface area contributed by atoms with E-state index in [4.69, 9.17) is 13.9 Å². The lowest BCUT2D eigenvalue weighted by Gasteiger charge is -2.36. The minimum atomic E-state index is -0.533. The fourth-order valence-corrected chi connectivity index (χ4v) is 2.89. The zero-order chi connectivity index (χ0) is 18.0. The van der Waals surface area contributed by atoms with Crippen LogP contribution in [0, 0.1) is 6.92 Å². The molecule has 1 aromatic carbocycles. The Morgan fingerprint density at radius 1 is 1.32 bits per heavy atom. The van der Waals surface area contributed by atoms with Crippen LogP contribution in [-0.4, -0.2) is 44.1 Å². The highest BCUT2D eigenvalue weighted by Gasteiger charge is 2.35. The van der Waals surface area contributed by atoms with Crippen molar-refractivity contribution in [1.29, 1.82) is 0 Å². The molecular weight excluding hydrogens is 324 g/mol. The highest BCUT2D eigenvalue weighted by molar-refractivity contribution is 6.01. The molecule has 0 spiro atoms. The van der Waals surface area contributed by atoms with E-state index in [2.05, 4.69) is 5.32 Å². The number of methoxy groups -OCH3 is 2. The largest absolute Gasteiger partial charge is 0.465 e. The number of amides is 1. The van der Waals surface area contributed by atoms with Gasteiger partial charge >= 0.3 is 5.97 Å². The summed E-state index contributed by atoms with van der Waals surface area (Å²) in [6, 6.07) is 8.90. The molecule has 0 fully saturated rings. The summed E-state index contributed by atoms with van der Waals surface area (Å²) in [5, 5.41) is 3.30. The highest BCUT2D eigenvalue weighted by atomic mass is 16.5. The monoisotopic (exact) mass is 344 g/mol. The van der Waals surface area contributed by atoms with Crippen LogP contribution in [0.25, 0.3) is 0 Å². The zero-order valence-corrected chi connectivity index (χ0v) is 14.4. The lowest BCUT2D eigenvalue weighted by atomic mass is 10.1. The summed E-state index contributed by atoms with van der Waals surface area (Å²) < 4.78 is 15.6. The average molecular weight is 344 g/mol. The van der Waals surface area contributed by atoms with E-state index in [9.17, 15) is 9.59 Å². The van der Waals surface area contributed by atoms with Crippen LogP contribution in [-0.2, 0) is 9.47 Å². The van der Waals surface area contributed by atoms with Gasteiger partial charge < -0.3 is 24.1 Å². The van der Waals surface area contributed by atoms with E-state index >= 15 is 0 Å². The summed E-state index contributed by atoms with van der Waals surface area (Å²) in [5.41, 5.74) is 1.66. The third-order valence-corrected chi connectivity index (χ3v) is 4.17. The number of nitrogens with one attached hydrogen (secondary N) is 1. The number of hydrogen-bond acceptors (Lipinski definition) is 6. The van der Waals surface area contributed by atoms with Crippen molar-refractivity contribution in [2.24, 2.45) is 0 Å². The van der Waals surface area contributed by atoms with E-state index in [-0.39, 0.29) is 5.91 Å². The third kappa shape index (κ3) is 3.10. The molecule has 1 atom stereocenters. The van der Waals surface area contributed by atoms with Gasteiger partial charge in [0.25, 0.3) is 5.91 Å². The molecule has 0 saturated heterocycles. The molecule has 0 bridgehead atoms. The Morgan fingerprint density at radius 3 is 2.80 bits per heavy atom. The first-order chi connectivity index (χ1) is 12.1. The predicted octanol–water partition coefficient (Wildman–Crippen LogP) is 2.59. The van der Waals surface area contributed by atoms with Crippen LogP contribution in [0.2, 0.25) is 0 Å². The van der Waals surface area contributed by atoms with Gasteiger partial charge in [-0.15, -0.1) is 0 Å². The number of rotatable bonds is 5. The second-order valence-corrected chi connectivity index (χ2v) is 5.69. The van der Waals surface area contributed by atoms with Crippen LogP contribution < -0.4 is 5.32 Å². The van der Waals surface area contributed by atoms with Crippen molar-refractivity contribution < 1.29 is 23.5 Å². The molecule has 0 radical (unpaired) electrons. The molecule has 7 nitrogen and oxygen atoms in total. The van der Waals surface area contributed by atoms with E-state index in [0.29, 0.717) is 35.8 Å². The zero-order valence-electron chi connectivity index (χ0n) is 14.4. The molecule has 0 aliphatic carbocycles. The number of ether oxygens (including phenoxy) is 2. The second-order valence-electron chi connectivity index (χ2n) is 5.69. The Hall–Kier alpha value is -2.80. The van der Waals surface area contributed by atoms with Gasteiger partial charge in [-0.2, -0.15) is 0 Å². The van der Waals surface area contributed by atoms with Crippen LogP contribution in [0.4, 0.5) is 5.69 Å². The van der Waals surface area contributed by atoms with E-state index in [1.165, 1.54) is 7.11 Å². The molecule has 25 heavy (non-hydrogen) atoms. The number of aryl methyl sites for hydroxylation is 1. The number of para-hydroxylation sites is 1. The van der Waals surface area contributed by atoms with Gasteiger partial charge in [-0.1, -0.05) is 12.1 Å². The average Bonchev–Trinajstić information content (AvgIpc) is 3.01. The lowest BCUT2D eigenvalue weighted by Crippen LogP contribution is -2.44. The van der Waals surface area contributed by atoms with Crippen molar-refractivity contribution in [3.8, 4) is 0 Å². The van der Waals surface area contributed by atoms with Crippen LogP contribution in [0.15, 0.2) is 34.7 Å². The van der Waals surface area contributed by atoms with Gasteiger partial charge in [-0.25, -0.2) is 4.79 Å². The molecule has 1 N–H and O–H groups in total. The van der Waals surface area contributed by atoms with Crippen LogP contribution in [0.5, 0.6) is 0 Å². The van der Waals surface area contributed by atoms with E-state index in [1.54, 1.807) is 31.1 Å². The predicted molar refractivity (Wildman–Crippen MR) is 90.5 cm³/mol. The Bertz CT molecular complexity index is 799. The van der Waals surface area contributed by atoms with Crippen molar-refractivity contribution in [3.05, 3.63) is 53.0 Å². The van der Waals surface area contributed by atoms with Gasteiger partial charge in [0, 0.05) is 19.3 Å². The van der Waals surface area contributed by atoms with Crippen molar-refractivity contribution >= 4 is 17.6 Å². The quantitative estimate of drug-likeness (QED) is 0.840. The maximum atomic E-state index is 12.9. The fraction of sp³-hybridized carbons (Fsp3) is 0.333. The number of hydrogen-bond donors (Lipinski definition) is 1. The molecule has 3 rings (SSSR count). The third-order valence-electron chi connectivity index (χ3n) is 4.17. The van der Waals surface area contributed by atoms with Gasteiger partial charge in [-0.05, 0) is 25.1 Å². The molecule has 2 aromatic rings. The first-order valence-electron chi connectivity index (χ1n) is 7.91. The maximum absolute atomic E-state index is 12.9. The molecule has 1 aliphatic heterocycles. The molecule has 1 amide bonds. The summed E-state index contributed by atoms with van der Waals surface area (Å²) in [4.78, 5) is 26.4. The summed E-state index contributed by atoms with van der Waals surface area (Å²) >= 11 is 0. The Labute approximate surface area is 145 Å². The Balaban J connectivity index is 2.00. The minimum Gasteiger partial charge on any atom is -0.465 e. The van der Waals surface area contributed by atoms with Crippen molar-refractivity contribution in [2.45, 2.75) is 13.1 Å². The molecule has 1 aliphatic rings. The normalized spacial score (nSPS) is 16.4. The van der Waals surface area contributed by atoms with Crippen molar-refractivity contribution in [1.82, 2.24) is 4.90 Å². The summed E-state index contributed by atoms with van der Waals surface area (Å²) in [6.07, 6.45) is -0.533. The maximum Gasteiger partial charge on any atom is 0.341 e. The number of furan rings is 1. The van der Waals surface area contributed by atoms with Crippen molar-refractivity contribution in [3.63, 3.8) is 0 Å². The number of fused-ring (bicyclic) bond motifs is 1. The first-order valence-corrected chi connectivity index (χ1v) is 7.91. The number of nitrogens with zero attached hydrogens (tertiary/aromatic N) is 1. The fourth-order valence-electron chi connectivity index (χ4n) is 2.89. The summed E-state index contributed by atoms with van der Waals surface area (Å²) in [5.74, 6) is 0.321. The molecule has 1 aromatic heterocycles. The molecule has 0 saturated carbocycles. The standard InChI is InChI=1S/C18H20N2O5/c1-11-13(18(22)24-3)10-15(25-11)16-19-14-7-5-4-6-12(14)17(21)20(16)8-9-23-2/h4-7,10,16,19H,8-9H2,1-3H3. The second kappa shape index (κ2) is 6.98. The van der Waals surface area contributed by atoms with Gasteiger partial charge in [-0.3, -0.25) is 4.79 Å². The van der Waals surface area contributed by atoms with Gasteiger partial charge in [0.05, 0.1) is 19.3 Å². The first kappa shape index (κ1) is 17.0. The summed E-state index contributed by atoms with van der Waals surface area (Å²) in [7, 11) is 2.90. The van der Waals surface area contributed by atoms with Crippen LogP contribution >= 0.6 is 0 Å². The van der Waals surface area contributed by atoms with E-state index in [0.717, 1.165) is 5.69 Å². The number of carbonyl (C=O) groups excluding carboxylic acids is 2. The van der Waals surface area contributed by atoms with Gasteiger partial charge in [0.2, 0.25) is 0 Å². The molecule has 2 heterocycles. The van der Waals surface area contributed by atoms with Crippen LogP contribution in [0.1, 0.15) is 38.4 Å². The molecule has 1 unspecified atom stereocenters. The highest BCUT2D eigenvalue weighted by Crippen LogP contribution is 2.34. The van der Waals surface area contributed by atoms with Crippen molar-refractivity contribution in [2.75, 3.05) is 32.7 Å². The minimum absolute atomic E-state index is 0.120. The smallest absolute Gasteiger partial charge is 0.341 e. The molecular formula is C18H20N2O5. The van der Waals surface area contributed by atoms with E-state index < -0.39 is 12.1 Å². The SMILES string of the molecule is COCCN1C(=O)c2ccccc2NC1c1cc(C(=O)OC)c(C)o1. The van der Waals surface area contributed by atoms with Crippen LogP contribution in [0.3, 0.4) is 0 Å². The Morgan fingerprint density at radius 2 is 2.08 bits per heavy atom. The topological polar surface area (TPSA) is 81.0 Å². The van der Waals surface area contributed by atoms with E-state index in [1.807, 2.05) is 18.2 Å². The van der Waals surface area contributed by atoms with Gasteiger partial charge in [0.15, 0.2) is 6.17 Å². The van der Waals surface area contributed by atoms with Gasteiger partial charge in [0.1, 0.15) is 17.1 Å². The molecule has 132 valence electrons. The number of benzene rings is 1. The number of esters is 1. The number of carbonyl (C=O) groups is 2. The Kier molecular flexibility index (Phi) is 4.76. The summed E-state index contributed by atoms with van der Waals surface area (Å²) in [6.45, 7) is 2.46. The lowest BCUT2D eigenvalue weighted by molar-refractivity contribution is 0.0581. The number of anilines is 1. The molecule has 7 heteroatoms.